The van der Waals surface area contributed by atoms with Crippen LogP contribution in [0.1, 0.15) is 16.7 Å². The SMILES string of the molecule is O=C(Cc1ccc(C(F)(F)F)cc1O)Nc1oc(-c2ccccc2)nc1-c1ccc(C(F)(F)F)cc1. The molecule has 36 heavy (non-hydrogen) atoms. The summed E-state index contributed by atoms with van der Waals surface area (Å²) in [5.74, 6) is -1.57. The fourth-order valence-electron chi connectivity index (χ4n) is 3.36. The van der Waals surface area contributed by atoms with Crippen LogP contribution in [0.4, 0.5) is 32.2 Å². The minimum Gasteiger partial charge on any atom is -0.508 e. The maximum absolute atomic E-state index is 13.0. The van der Waals surface area contributed by atoms with Gasteiger partial charge in [-0.05, 0) is 36.4 Å². The van der Waals surface area contributed by atoms with E-state index < -0.39 is 41.6 Å². The lowest BCUT2D eigenvalue weighted by molar-refractivity contribution is -0.138. The molecule has 0 unspecified atom stereocenters. The highest BCUT2D eigenvalue weighted by atomic mass is 19.4. The summed E-state index contributed by atoms with van der Waals surface area (Å²) in [5.41, 5.74) is -1.21. The molecule has 0 saturated carbocycles. The fraction of sp³-hybridized carbons (Fsp3) is 0.120. The van der Waals surface area contributed by atoms with Crippen molar-refractivity contribution < 1.29 is 40.7 Å². The quantitative estimate of drug-likeness (QED) is 0.288. The van der Waals surface area contributed by atoms with Gasteiger partial charge in [-0.2, -0.15) is 26.3 Å². The van der Waals surface area contributed by atoms with Crippen LogP contribution in [-0.4, -0.2) is 16.0 Å². The first kappa shape index (κ1) is 24.8. The van der Waals surface area contributed by atoms with E-state index in [1.807, 2.05) is 0 Å². The molecule has 5 nitrogen and oxygen atoms in total. The van der Waals surface area contributed by atoms with E-state index in [0.717, 1.165) is 24.3 Å². The Bertz CT molecular complexity index is 1380. The monoisotopic (exact) mass is 506 g/mol. The summed E-state index contributed by atoms with van der Waals surface area (Å²) in [6.07, 6.45) is -9.71. The molecule has 4 rings (SSSR count). The molecule has 0 bridgehead atoms. The lowest BCUT2D eigenvalue weighted by Crippen LogP contribution is -2.15. The third-order valence-electron chi connectivity index (χ3n) is 5.15. The van der Waals surface area contributed by atoms with Crippen molar-refractivity contribution in [3.8, 4) is 28.5 Å². The third kappa shape index (κ3) is 5.51. The van der Waals surface area contributed by atoms with Gasteiger partial charge in [-0.1, -0.05) is 36.4 Å². The zero-order chi connectivity index (χ0) is 26.1. The van der Waals surface area contributed by atoms with E-state index in [1.54, 1.807) is 30.3 Å². The number of aromatic nitrogens is 1. The number of anilines is 1. The molecule has 0 radical (unpaired) electrons. The third-order valence-corrected chi connectivity index (χ3v) is 5.15. The molecular weight excluding hydrogens is 490 g/mol. The van der Waals surface area contributed by atoms with Crippen LogP contribution in [0.5, 0.6) is 5.75 Å². The minimum absolute atomic E-state index is 0.0487. The number of amides is 1. The van der Waals surface area contributed by atoms with Crippen LogP contribution < -0.4 is 5.32 Å². The van der Waals surface area contributed by atoms with Crippen molar-refractivity contribution in [2.45, 2.75) is 18.8 Å². The standard InChI is InChI=1S/C25H16F6N2O3/c26-24(27,28)17-9-6-14(7-10-17)21-23(36-22(33-21)15-4-2-1-3-5-15)32-20(35)12-16-8-11-18(13-19(16)34)25(29,30)31/h1-11,13,34H,12H2,(H,32,35). The molecule has 186 valence electrons. The molecule has 0 aliphatic carbocycles. The zero-order valence-electron chi connectivity index (χ0n) is 18.1. The summed E-state index contributed by atoms with van der Waals surface area (Å²) in [7, 11) is 0. The van der Waals surface area contributed by atoms with Gasteiger partial charge in [0.05, 0.1) is 17.5 Å². The Morgan fingerprint density at radius 3 is 2.03 bits per heavy atom. The van der Waals surface area contributed by atoms with Crippen LogP contribution in [-0.2, 0) is 23.6 Å². The van der Waals surface area contributed by atoms with E-state index in [0.29, 0.717) is 11.6 Å². The number of aromatic hydroxyl groups is 1. The summed E-state index contributed by atoms with van der Waals surface area (Å²) in [6.45, 7) is 0. The van der Waals surface area contributed by atoms with Gasteiger partial charge in [-0.3, -0.25) is 10.1 Å². The van der Waals surface area contributed by atoms with Crippen LogP contribution in [0, 0.1) is 0 Å². The molecule has 4 aromatic rings. The molecule has 1 amide bonds. The molecule has 0 aliphatic heterocycles. The van der Waals surface area contributed by atoms with Crippen LogP contribution in [0.15, 0.2) is 77.2 Å². The number of benzene rings is 3. The molecule has 11 heteroatoms. The van der Waals surface area contributed by atoms with E-state index in [4.69, 9.17) is 4.42 Å². The summed E-state index contributed by atoms with van der Waals surface area (Å²) in [5, 5.41) is 12.4. The van der Waals surface area contributed by atoms with Gasteiger partial charge in [0.2, 0.25) is 17.7 Å². The Morgan fingerprint density at radius 2 is 1.44 bits per heavy atom. The van der Waals surface area contributed by atoms with Crippen molar-refractivity contribution in [3.63, 3.8) is 0 Å². The number of phenolic OH excluding ortho intramolecular Hbond substituents is 1. The second-order valence-corrected chi connectivity index (χ2v) is 7.70. The number of halogens is 6. The summed E-state index contributed by atoms with van der Waals surface area (Å²) in [4.78, 5) is 17.0. The average molecular weight is 506 g/mol. The van der Waals surface area contributed by atoms with Gasteiger partial charge in [-0.25, -0.2) is 4.98 Å². The van der Waals surface area contributed by atoms with Crippen LogP contribution >= 0.6 is 0 Å². The second kappa shape index (κ2) is 9.40. The van der Waals surface area contributed by atoms with E-state index in [9.17, 15) is 36.2 Å². The maximum Gasteiger partial charge on any atom is 0.416 e. The molecule has 3 aromatic carbocycles. The minimum atomic E-state index is -4.66. The van der Waals surface area contributed by atoms with Gasteiger partial charge in [-0.15, -0.1) is 0 Å². The highest BCUT2D eigenvalue weighted by Crippen LogP contribution is 2.36. The van der Waals surface area contributed by atoms with Gasteiger partial charge < -0.3 is 9.52 Å². The van der Waals surface area contributed by atoms with Crippen molar-refractivity contribution >= 4 is 11.8 Å². The number of carbonyl (C=O) groups is 1. The predicted molar refractivity (Wildman–Crippen MR) is 118 cm³/mol. The number of alkyl halides is 6. The van der Waals surface area contributed by atoms with Crippen LogP contribution in [0.2, 0.25) is 0 Å². The molecular formula is C25H16F6N2O3. The van der Waals surface area contributed by atoms with Gasteiger partial charge in [0, 0.05) is 16.7 Å². The Labute approximate surface area is 200 Å². The largest absolute Gasteiger partial charge is 0.508 e. The molecule has 0 aliphatic rings. The lowest BCUT2D eigenvalue weighted by atomic mass is 10.1. The number of hydrogen-bond donors (Lipinski definition) is 2. The smallest absolute Gasteiger partial charge is 0.416 e. The molecule has 2 N–H and O–H groups in total. The molecule has 0 spiro atoms. The zero-order valence-corrected chi connectivity index (χ0v) is 18.1. The first-order valence-electron chi connectivity index (χ1n) is 10.3. The van der Waals surface area contributed by atoms with Crippen molar-refractivity contribution in [1.29, 1.82) is 0 Å². The highest BCUT2D eigenvalue weighted by molar-refractivity contribution is 5.94. The maximum atomic E-state index is 13.0. The van der Waals surface area contributed by atoms with E-state index >= 15 is 0 Å². The van der Waals surface area contributed by atoms with Gasteiger partial charge in [0.25, 0.3) is 0 Å². The van der Waals surface area contributed by atoms with Crippen LogP contribution in [0.25, 0.3) is 22.7 Å². The lowest BCUT2D eigenvalue weighted by Gasteiger charge is -2.10. The topological polar surface area (TPSA) is 75.4 Å². The van der Waals surface area contributed by atoms with Gasteiger partial charge in [0.1, 0.15) is 11.4 Å². The number of rotatable bonds is 5. The normalized spacial score (nSPS) is 11.9. The second-order valence-electron chi connectivity index (χ2n) is 7.70. The van der Waals surface area contributed by atoms with Crippen molar-refractivity contribution in [2.75, 3.05) is 5.32 Å². The van der Waals surface area contributed by atoms with Crippen molar-refractivity contribution in [2.24, 2.45) is 0 Å². The number of oxazole rings is 1. The van der Waals surface area contributed by atoms with Crippen molar-refractivity contribution in [3.05, 3.63) is 89.5 Å². The molecule has 1 heterocycles. The van der Waals surface area contributed by atoms with Gasteiger partial charge in [0.15, 0.2) is 0 Å². The predicted octanol–water partition coefficient (Wildman–Crippen LogP) is 6.93. The molecule has 1 aromatic heterocycles. The summed E-state index contributed by atoms with van der Waals surface area (Å²) < 4.78 is 83.0. The van der Waals surface area contributed by atoms with Crippen LogP contribution in [0.3, 0.4) is 0 Å². The number of nitrogens with zero attached hydrogens (tertiary/aromatic N) is 1. The number of nitrogens with one attached hydrogen (secondary N) is 1. The van der Waals surface area contributed by atoms with Gasteiger partial charge >= 0.3 is 12.4 Å². The van der Waals surface area contributed by atoms with E-state index in [1.165, 1.54) is 12.1 Å². The average Bonchev–Trinajstić information content (AvgIpc) is 3.23. The van der Waals surface area contributed by atoms with E-state index in [2.05, 4.69) is 10.3 Å². The summed E-state index contributed by atoms with van der Waals surface area (Å²) >= 11 is 0. The Kier molecular flexibility index (Phi) is 6.49. The molecule has 0 saturated heterocycles. The Balaban J connectivity index is 1.64. The number of hydrogen-bond acceptors (Lipinski definition) is 4. The molecule has 0 atom stereocenters. The first-order chi connectivity index (χ1) is 16.9. The van der Waals surface area contributed by atoms with E-state index in [-0.39, 0.29) is 28.6 Å². The first-order valence-corrected chi connectivity index (χ1v) is 10.3. The number of carbonyl (C=O) groups excluding carboxylic acids is 1. The van der Waals surface area contributed by atoms with Crippen molar-refractivity contribution in [1.82, 2.24) is 4.98 Å². The highest BCUT2D eigenvalue weighted by Gasteiger charge is 2.32. The fourth-order valence-corrected chi connectivity index (χ4v) is 3.36. The Hall–Kier alpha value is -4.28. The summed E-state index contributed by atoms with van der Waals surface area (Å²) in [6, 6.07) is 14.8. The Morgan fingerprint density at radius 1 is 0.833 bits per heavy atom. The molecule has 0 fully saturated rings. The number of phenols is 1.